The zero-order valence-electron chi connectivity index (χ0n) is 10.3. The molecule has 92 valence electrons. The smallest absolute Gasteiger partial charge is 0.341 e. The molecule has 4 nitrogen and oxygen atoms in total. The molecule has 0 aromatic heterocycles. The molecule has 17 heavy (non-hydrogen) atoms. The number of benzene rings is 1. The monoisotopic (exact) mass is 235 g/mol. The molecule has 1 aromatic carbocycles. The van der Waals surface area contributed by atoms with E-state index in [1.165, 1.54) is 13.2 Å². The van der Waals surface area contributed by atoms with E-state index in [0.717, 1.165) is 12.0 Å². The Morgan fingerprint density at radius 1 is 1.47 bits per heavy atom. The van der Waals surface area contributed by atoms with Crippen LogP contribution in [0, 0.1) is 5.41 Å². The van der Waals surface area contributed by atoms with Gasteiger partial charge in [0, 0.05) is 5.54 Å². The lowest BCUT2D eigenvalue weighted by Gasteiger charge is -2.16. The Labute approximate surface area is 100 Å². The maximum Gasteiger partial charge on any atom is 0.341 e. The standard InChI is InChI=1S/C13H17NO3/c1-12(2)7-13(12,14)8-4-5-10(15)9(6-8)11(16)17-3/h4-6,15H,7,14H2,1-3H3. The Morgan fingerprint density at radius 3 is 2.53 bits per heavy atom. The minimum atomic E-state index is -0.550. The van der Waals surface area contributed by atoms with Gasteiger partial charge in [-0.3, -0.25) is 0 Å². The van der Waals surface area contributed by atoms with Crippen molar-refractivity contribution in [3.05, 3.63) is 29.3 Å². The Morgan fingerprint density at radius 2 is 2.06 bits per heavy atom. The molecule has 0 aliphatic heterocycles. The summed E-state index contributed by atoms with van der Waals surface area (Å²) in [6, 6.07) is 4.87. The zero-order chi connectivity index (χ0) is 12.8. The third-order valence-corrected chi connectivity index (χ3v) is 3.72. The average molecular weight is 235 g/mol. The van der Waals surface area contributed by atoms with Crippen LogP contribution in [0.3, 0.4) is 0 Å². The number of nitrogens with two attached hydrogens (primary N) is 1. The van der Waals surface area contributed by atoms with Crippen LogP contribution >= 0.6 is 0 Å². The summed E-state index contributed by atoms with van der Waals surface area (Å²) in [6.45, 7) is 4.16. The van der Waals surface area contributed by atoms with Crippen molar-refractivity contribution in [3.63, 3.8) is 0 Å². The molecule has 1 unspecified atom stereocenters. The number of aromatic hydroxyl groups is 1. The van der Waals surface area contributed by atoms with Crippen LogP contribution in [0.2, 0.25) is 0 Å². The first kappa shape index (κ1) is 11.9. The van der Waals surface area contributed by atoms with Gasteiger partial charge in [0.15, 0.2) is 0 Å². The molecule has 1 aliphatic rings. The first-order chi connectivity index (χ1) is 7.82. The van der Waals surface area contributed by atoms with Gasteiger partial charge in [0.25, 0.3) is 0 Å². The average Bonchev–Trinajstić information content (AvgIpc) is 2.79. The van der Waals surface area contributed by atoms with Gasteiger partial charge in [-0.25, -0.2) is 4.79 Å². The van der Waals surface area contributed by atoms with Gasteiger partial charge >= 0.3 is 5.97 Å². The quantitative estimate of drug-likeness (QED) is 0.766. The highest BCUT2D eigenvalue weighted by Crippen LogP contribution is 2.60. The lowest BCUT2D eigenvalue weighted by molar-refractivity contribution is 0.0597. The molecule has 2 rings (SSSR count). The van der Waals surface area contributed by atoms with Crippen molar-refractivity contribution in [2.75, 3.05) is 7.11 Å². The van der Waals surface area contributed by atoms with E-state index >= 15 is 0 Å². The minimum absolute atomic E-state index is 0.0252. The molecule has 0 heterocycles. The van der Waals surface area contributed by atoms with Crippen molar-refractivity contribution < 1.29 is 14.6 Å². The number of phenols is 1. The molecule has 1 aromatic rings. The second kappa shape index (κ2) is 3.47. The molecule has 0 radical (unpaired) electrons. The molecule has 0 saturated heterocycles. The first-order valence-electron chi connectivity index (χ1n) is 5.52. The number of esters is 1. The molecule has 3 N–H and O–H groups in total. The molecule has 1 atom stereocenters. The van der Waals surface area contributed by atoms with Gasteiger partial charge in [-0.2, -0.15) is 0 Å². The van der Waals surface area contributed by atoms with Crippen molar-refractivity contribution in [1.82, 2.24) is 0 Å². The number of hydrogen-bond donors (Lipinski definition) is 2. The van der Waals surface area contributed by atoms with Gasteiger partial charge in [-0.05, 0) is 29.5 Å². The van der Waals surface area contributed by atoms with Crippen LogP contribution in [0.4, 0.5) is 0 Å². The van der Waals surface area contributed by atoms with Gasteiger partial charge in [0.05, 0.1) is 7.11 Å². The summed E-state index contributed by atoms with van der Waals surface area (Å²) < 4.78 is 4.62. The lowest BCUT2D eigenvalue weighted by Crippen LogP contribution is -2.25. The number of methoxy groups -OCH3 is 1. The van der Waals surface area contributed by atoms with Crippen LogP contribution < -0.4 is 5.73 Å². The van der Waals surface area contributed by atoms with Gasteiger partial charge in [0.2, 0.25) is 0 Å². The summed E-state index contributed by atoms with van der Waals surface area (Å²) in [5.74, 6) is -0.630. The molecular formula is C13H17NO3. The summed E-state index contributed by atoms with van der Waals surface area (Å²) in [6.07, 6.45) is 0.866. The number of phenolic OH excluding ortho intramolecular Hbond substituents is 1. The zero-order valence-corrected chi connectivity index (χ0v) is 10.3. The molecule has 1 fully saturated rings. The van der Waals surface area contributed by atoms with Crippen molar-refractivity contribution in [2.45, 2.75) is 25.8 Å². The SMILES string of the molecule is COC(=O)c1cc(C2(N)CC2(C)C)ccc1O. The Bertz CT molecular complexity index is 482. The van der Waals surface area contributed by atoms with Crippen LogP contribution in [-0.2, 0) is 10.3 Å². The third kappa shape index (κ3) is 1.69. The molecule has 4 heteroatoms. The van der Waals surface area contributed by atoms with Crippen LogP contribution in [0.1, 0.15) is 36.2 Å². The van der Waals surface area contributed by atoms with Gasteiger partial charge in [0.1, 0.15) is 11.3 Å². The van der Waals surface area contributed by atoms with E-state index in [9.17, 15) is 9.90 Å². The van der Waals surface area contributed by atoms with E-state index in [0.29, 0.717) is 0 Å². The van der Waals surface area contributed by atoms with E-state index in [1.807, 2.05) is 0 Å². The largest absolute Gasteiger partial charge is 0.507 e. The second-order valence-corrected chi connectivity index (χ2v) is 5.26. The summed E-state index contributed by atoms with van der Waals surface area (Å²) in [5.41, 5.74) is 6.91. The topological polar surface area (TPSA) is 72.5 Å². The highest BCUT2D eigenvalue weighted by molar-refractivity contribution is 5.92. The van der Waals surface area contributed by atoms with Crippen LogP contribution in [0.15, 0.2) is 18.2 Å². The highest BCUT2D eigenvalue weighted by Gasteiger charge is 2.59. The van der Waals surface area contributed by atoms with Crippen LogP contribution in [-0.4, -0.2) is 18.2 Å². The maximum absolute atomic E-state index is 11.5. The summed E-state index contributed by atoms with van der Waals surface area (Å²) in [7, 11) is 1.29. The summed E-state index contributed by atoms with van der Waals surface area (Å²) in [5, 5.41) is 9.61. The van der Waals surface area contributed by atoms with Crippen molar-refractivity contribution >= 4 is 5.97 Å². The summed E-state index contributed by atoms with van der Waals surface area (Å²) >= 11 is 0. The van der Waals surface area contributed by atoms with Crippen molar-refractivity contribution in [3.8, 4) is 5.75 Å². The lowest BCUT2D eigenvalue weighted by atomic mass is 9.95. The summed E-state index contributed by atoms with van der Waals surface area (Å²) in [4.78, 5) is 11.5. The highest BCUT2D eigenvalue weighted by atomic mass is 16.5. The minimum Gasteiger partial charge on any atom is -0.507 e. The Balaban J connectivity index is 2.43. The number of rotatable bonds is 2. The second-order valence-electron chi connectivity index (χ2n) is 5.26. The van der Waals surface area contributed by atoms with Gasteiger partial charge in [-0.1, -0.05) is 19.9 Å². The Hall–Kier alpha value is -1.55. The molecule has 1 aliphatic carbocycles. The van der Waals surface area contributed by atoms with E-state index < -0.39 is 11.5 Å². The normalized spacial score (nSPS) is 25.4. The van der Waals surface area contributed by atoms with E-state index in [4.69, 9.17) is 5.73 Å². The van der Waals surface area contributed by atoms with Gasteiger partial charge < -0.3 is 15.6 Å². The van der Waals surface area contributed by atoms with Crippen LogP contribution in [0.5, 0.6) is 5.75 Å². The number of carbonyl (C=O) groups is 1. The fourth-order valence-electron chi connectivity index (χ4n) is 2.23. The maximum atomic E-state index is 11.5. The first-order valence-corrected chi connectivity index (χ1v) is 5.52. The molecule has 0 spiro atoms. The van der Waals surface area contributed by atoms with Crippen LogP contribution in [0.25, 0.3) is 0 Å². The predicted octanol–water partition coefficient (Wildman–Crippen LogP) is 1.76. The number of hydrogen-bond acceptors (Lipinski definition) is 4. The number of carbonyl (C=O) groups excluding carboxylic acids is 1. The fraction of sp³-hybridized carbons (Fsp3) is 0.462. The van der Waals surface area contributed by atoms with Crippen molar-refractivity contribution in [1.29, 1.82) is 0 Å². The molecule has 0 bridgehead atoms. The van der Waals surface area contributed by atoms with Crippen molar-refractivity contribution in [2.24, 2.45) is 11.1 Å². The molecule has 1 saturated carbocycles. The number of ether oxygens (including phenoxy) is 1. The molecule has 0 amide bonds. The predicted molar refractivity (Wildman–Crippen MR) is 63.7 cm³/mol. The third-order valence-electron chi connectivity index (χ3n) is 3.72. The van der Waals surface area contributed by atoms with Gasteiger partial charge in [-0.15, -0.1) is 0 Å². The van der Waals surface area contributed by atoms with E-state index in [1.54, 1.807) is 12.1 Å². The Kier molecular flexibility index (Phi) is 2.43. The van der Waals surface area contributed by atoms with E-state index in [2.05, 4.69) is 18.6 Å². The molecular weight excluding hydrogens is 218 g/mol. The van der Waals surface area contributed by atoms with E-state index in [-0.39, 0.29) is 16.7 Å². The fourth-order valence-corrected chi connectivity index (χ4v) is 2.23.